The summed E-state index contributed by atoms with van der Waals surface area (Å²) in [6, 6.07) is 5.87. The van der Waals surface area contributed by atoms with Gasteiger partial charge in [-0.15, -0.1) is 0 Å². The molecule has 2 nitrogen and oxygen atoms in total. The molecule has 0 spiro atoms. The number of benzene rings is 1. The van der Waals surface area contributed by atoms with Crippen molar-refractivity contribution >= 4 is 27.4 Å². The van der Waals surface area contributed by atoms with E-state index in [1.165, 1.54) is 0 Å². The zero-order chi connectivity index (χ0) is 12.8. The molecule has 0 N–H and O–H groups in total. The SMILES string of the molecule is CCCN(CCC)c1cc(Br)ccc1C(C)=O. The van der Waals surface area contributed by atoms with E-state index < -0.39 is 0 Å². The van der Waals surface area contributed by atoms with Crippen molar-refractivity contribution in [3.05, 3.63) is 28.2 Å². The van der Waals surface area contributed by atoms with Crippen LogP contribution in [0, 0.1) is 0 Å². The monoisotopic (exact) mass is 297 g/mol. The first-order valence-electron chi connectivity index (χ1n) is 6.15. The summed E-state index contributed by atoms with van der Waals surface area (Å²) in [5.41, 5.74) is 1.87. The summed E-state index contributed by atoms with van der Waals surface area (Å²) < 4.78 is 1.02. The van der Waals surface area contributed by atoms with Gasteiger partial charge >= 0.3 is 0 Å². The van der Waals surface area contributed by atoms with Crippen LogP contribution in [0.1, 0.15) is 44.0 Å². The number of rotatable bonds is 6. The summed E-state index contributed by atoms with van der Waals surface area (Å²) in [6.45, 7) is 7.93. The van der Waals surface area contributed by atoms with Crippen molar-refractivity contribution in [1.29, 1.82) is 0 Å². The maximum Gasteiger partial charge on any atom is 0.161 e. The van der Waals surface area contributed by atoms with Gasteiger partial charge in [0.05, 0.1) is 0 Å². The van der Waals surface area contributed by atoms with Crippen LogP contribution in [-0.2, 0) is 0 Å². The topological polar surface area (TPSA) is 20.3 Å². The predicted octanol–water partition coefficient (Wildman–Crippen LogP) is 4.28. The smallest absolute Gasteiger partial charge is 0.161 e. The molecule has 1 aromatic carbocycles. The average Bonchev–Trinajstić information content (AvgIpc) is 2.28. The Morgan fingerprint density at radius 3 is 2.29 bits per heavy atom. The molecule has 0 atom stereocenters. The third-order valence-corrected chi connectivity index (χ3v) is 3.16. The molecule has 0 aliphatic carbocycles. The van der Waals surface area contributed by atoms with Crippen LogP contribution in [-0.4, -0.2) is 18.9 Å². The Morgan fingerprint density at radius 2 is 1.82 bits per heavy atom. The summed E-state index contributed by atoms with van der Waals surface area (Å²) in [6.07, 6.45) is 2.17. The fourth-order valence-electron chi connectivity index (χ4n) is 1.96. The maximum atomic E-state index is 11.6. The van der Waals surface area contributed by atoms with E-state index >= 15 is 0 Å². The second kappa shape index (κ2) is 6.80. The molecule has 94 valence electrons. The number of nitrogens with zero attached hydrogens (tertiary/aromatic N) is 1. The van der Waals surface area contributed by atoms with E-state index in [0.717, 1.165) is 41.7 Å². The number of halogens is 1. The van der Waals surface area contributed by atoms with Gasteiger partial charge in [-0.05, 0) is 38.0 Å². The van der Waals surface area contributed by atoms with Crippen LogP contribution in [0.2, 0.25) is 0 Å². The van der Waals surface area contributed by atoms with Crippen molar-refractivity contribution in [2.24, 2.45) is 0 Å². The highest BCUT2D eigenvalue weighted by Crippen LogP contribution is 2.26. The normalized spacial score (nSPS) is 10.4. The minimum Gasteiger partial charge on any atom is -0.371 e. The van der Waals surface area contributed by atoms with Gasteiger partial charge in [0.25, 0.3) is 0 Å². The highest BCUT2D eigenvalue weighted by atomic mass is 79.9. The van der Waals surface area contributed by atoms with Gasteiger partial charge < -0.3 is 4.90 Å². The molecular formula is C14H20BrNO. The Bertz CT molecular complexity index is 384. The Morgan fingerprint density at radius 1 is 1.24 bits per heavy atom. The van der Waals surface area contributed by atoms with Crippen molar-refractivity contribution < 1.29 is 4.79 Å². The second-order valence-electron chi connectivity index (χ2n) is 4.20. The van der Waals surface area contributed by atoms with E-state index in [0.29, 0.717) is 0 Å². The summed E-state index contributed by atoms with van der Waals surface area (Å²) >= 11 is 3.48. The van der Waals surface area contributed by atoms with Gasteiger partial charge in [0, 0.05) is 28.8 Å². The largest absolute Gasteiger partial charge is 0.371 e. The number of hydrogen-bond donors (Lipinski definition) is 0. The molecule has 0 aromatic heterocycles. The summed E-state index contributed by atoms with van der Waals surface area (Å²) in [7, 11) is 0. The van der Waals surface area contributed by atoms with Crippen molar-refractivity contribution in [1.82, 2.24) is 0 Å². The fourth-order valence-corrected chi connectivity index (χ4v) is 2.31. The molecule has 17 heavy (non-hydrogen) atoms. The van der Waals surface area contributed by atoms with Gasteiger partial charge in [-0.3, -0.25) is 4.79 Å². The lowest BCUT2D eigenvalue weighted by Gasteiger charge is -2.26. The molecule has 0 aliphatic rings. The summed E-state index contributed by atoms with van der Waals surface area (Å²) in [5, 5.41) is 0. The molecule has 0 unspecified atom stereocenters. The fraction of sp³-hybridized carbons (Fsp3) is 0.500. The minimum atomic E-state index is 0.129. The molecule has 0 heterocycles. The van der Waals surface area contributed by atoms with E-state index in [4.69, 9.17) is 0 Å². The first kappa shape index (κ1) is 14.2. The Labute approximate surface area is 112 Å². The quantitative estimate of drug-likeness (QED) is 0.731. The van der Waals surface area contributed by atoms with Gasteiger partial charge in [0.15, 0.2) is 5.78 Å². The van der Waals surface area contributed by atoms with E-state index in [1.54, 1.807) is 6.92 Å². The van der Waals surface area contributed by atoms with Gasteiger partial charge in [0.2, 0.25) is 0 Å². The van der Waals surface area contributed by atoms with Crippen LogP contribution < -0.4 is 4.90 Å². The lowest BCUT2D eigenvalue weighted by atomic mass is 10.1. The van der Waals surface area contributed by atoms with Crippen LogP contribution in [0.5, 0.6) is 0 Å². The van der Waals surface area contributed by atoms with Gasteiger partial charge in [-0.1, -0.05) is 29.8 Å². The van der Waals surface area contributed by atoms with Gasteiger partial charge in [0.1, 0.15) is 0 Å². The van der Waals surface area contributed by atoms with Crippen molar-refractivity contribution in [2.45, 2.75) is 33.6 Å². The lowest BCUT2D eigenvalue weighted by molar-refractivity contribution is 0.101. The molecule has 0 aliphatic heterocycles. The van der Waals surface area contributed by atoms with E-state index in [9.17, 15) is 4.79 Å². The average molecular weight is 298 g/mol. The Kier molecular flexibility index (Phi) is 5.69. The van der Waals surface area contributed by atoms with Gasteiger partial charge in [-0.25, -0.2) is 0 Å². The number of hydrogen-bond acceptors (Lipinski definition) is 2. The third kappa shape index (κ3) is 3.84. The van der Waals surface area contributed by atoms with E-state index in [1.807, 2.05) is 18.2 Å². The third-order valence-electron chi connectivity index (χ3n) is 2.67. The van der Waals surface area contributed by atoms with Crippen molar-refractivity contribution in [3.63, 3.8) is 0 Å². The standard InChI is InChI=1S/C14H20BrNO/c1-4-8-16(9-5-2)14-10-12(15)6-7-13(14)11(3)17/h6-7,10H,4-5,8-9H2,1-3H3. The van der Waals surface area contributed by atoms with Crippen LogP contribution in [0.4, 0.5) is 5.69 Å². The van der Waals surface area contributed by atoms with Crippen LogP contribution >= 0.6 is 15.9 Å². The minimum absolute atomic E-state index is 0.129. The highest BCUT2D eigenvalue weighted by Gasteiger charge is 2.13. The zero-order valence-electron chi connectivity index (χ0n) is 10.8. The number of anilines is 1. The first-order chi connectivity index (χ1) is 8.10. The molecule has 0 fully saturated rings. The molecule has 1 rings (SSSR count). The molecule has 0 saturated heterocycles. The molecule has 0 radical (unpaired) electrons. The zero-order valence-corrected chi connectivity index (χ0v) is 12.4. The maximum absolute atomic E-state index is 11.6. The first-order valence-corrected chi connectivity index (χ1v) is 6.94. The number of carbonyl (C=O) groups is 1. The van der Waals surface area contributed by atoms with Crippen molar-refractivity contribution in [2.75, 3.05) is 18.0 Å². The number of carbonyl (C=O) groups excluding carboxylic acids is 1. The Balaban J connectivity index is 3.14. The van der Waals surface area contributed by atoms with E-state index in [2.05, 4.69) is 34.7 Å². The molecule has 0 amide bonds. The Hall–Kier alpha value is -0.830. The molecule has 1 aromatic rings. The van der Waals surface area contributed by atoms with Crippen LogP contribution in [0.3, 0.4) is 0 Å². The number of ketones is 1. The van der Waals surface area contributed by atoms with Crippen molar-refractivity contribution in [3.8, 4) is 0 Å². The number of Topliss-reactive ketones (excluding diaryl/α,β-unsaturated/α-hetero) is 1. The summed E-state index contributed by atoms with van der Waals surface area (Å²) in [5.74, 6) is 0.129. The van der Waals surface area contributed by atoms with E-state index in [-0.39, 0.29) is 5.78 Å². The molecule has 0 saturated carbocycles. The van der Waals surface area contributed by atoms with Crippen LogP contribution in [0.15, 0.2) is 22.7 Å². The van der Waals surface area contributed by atoms with Gasteiger partial charge in [-0.2, -0.15) is 0 Å². The summed E-state index contributed by atoms with van der Waals surface area (Å²) in [4.78, 5) is 13.9. The van der Waals surface area contributed by atoms with Crippen LogP contribution in [0.25, 0.3) is 0 Å². The second-order valence-corrected chi connectivity index (χ2v) is 5.12. The molecular weight excluding hydrogens is 278 g/mol. The predicted molar refractivity (Wildman–Crippen MR) is 76.9 cm³/mol. The lowest BCUT2D eigenvalue weighted by Crippen LogP contribution is -2.26. The molecule has 0 bridgehead atoms. The molecule has 3 heteroatoms. The highest BCUT2D eigenvalue weighted by molar-refractivity contribution is 9.10.